The van der Waals surface area contributed by atoms with Gasteiger partial charge in [-0.3, -0.25) is 0 Å². The highest BCUT2D eigenvalue weighted by Crippen LogP contribution is 2.11. The van der Waals surface area contributed by atoms with Crippen molar-refractivity contribution in [3.05, 3.63) is 12.7 Å². The molecule has 74 valence electrons. The van der Waals surface area contributed by atoms with E-state index in [1.54, 1.807) is 0 Å². The van der Waals surface area contributed by atoms with Crippen molar-refractivity contribution in [2.75, 3.05) is 6.54 Å². The molecule has 13 heavy (non-hydrogen) atoms. The van der Waals surface area contributed by atoms with Gasteiger partial charge in [-0.15, -0.1) is 6.58 Å². The van der Waals surface area contributed by atoms with Crippen molar-refractivity contribution < 1.29 is 0 Å². The van der Waals surface area contributed by atoms with E-state index in [1.807, 2.05) is 19.9 Å². The van der Waals surface area contributed by atoms with Gasteiger partial charge in [0.05, 0.1) is 11.5 Å². The maximum Gasteiger partial charge on any atom is 0.0697 e. The molecule has 0 fully saturated rings. The minimum absolute atomic E-state index is 0.261. The highest BCUT2D eigenvalue weighted by Gasteiger charge is 2.16. The highest BCUT2D eigenvalue weighted by molar-refractivity contribution is 4.93. The van der Waals surface area contributed by atoms with Crippen LogP contribution in [-0.4, -0.2) is 12.6 Å². The fraction of sp³-hybridized carbons (Fsp3) is 0.727. The summed E-state index contributed by atoms with van der Waals surface area (Å²) >= 11 is 0. The molecule has 0 aliphatic carbocycles. The number of hydrogen-bond acceptors (Lipinski definition) is 2. The maximum atomic E-state index is 8.78. The van der Waals surface area contributed by atoms with Crippen LogP contribution in [0.5, 0.6) is 0 Å². The number of hydrogen-bond donors (Lipinski definition) is 1. The lowest BCUT2D eigenvalue weighted by Crippen LogP contribution is -2.34. The van der Waals surface area contributed by atoms with Gasteiger partial charge >= 0.3 is 0 Å². The van der Waals surface area contributed by atoms with Crippen molar-refractivity contribution in [1.82, 2.24) is 5.32 Å². The first-order chi connectivity index (χ1) is 6.02. The molecule has 0 heterocycles. The summed E-state index contributed by atoms with van der Waals surface area (Å²) in [5.41, 5.74) is -0.261. The van der Waals surface area contributed by atoms with Gasteiger partial charge < -0.3 is 5.32 Å². The Morgan fingerprint density at radius 2 is 2.23 bits per heavy atom. The van der Waals surface area contributed by atoms with Crippen molar-refractivity contribution in [2.24, 2.45) is 5.41 Å². The minimum atomic E-state index is -0.261. The van der Waals surface area contributed by atoms with Gasteiger partial charge in [0.2, 0.25) is 0 Å². The molecule has 0 bridgehead atoms. The van der Waals surface area contributed by atoms with Gasteiger partial charge in [0.15, 0.2) is 0 Å². The predicted molar refractivity (Wildman–Crippen MR) is 56.3 cm³/mol. The zero-order valence-corrected chi connectivity index (χ0v) is 8.93. The second-order valence-electron chi connectivity index (χ2n) is 4.14. The Labute approximate surface area is 81.6 Å². The van der Waals surface area contributed by atoms with E-state index in [1.165, 1.54) is 0 Å². The first kappa shape index (κ1) is 12.2. The van der Waals surface area contributed by atoms with Crippen LogP contribution in [0, 0.1) is 16.7 Å². The molecule has 1 N–H and O–H groups in total. The summed E-state index contributed by atoms with van der Waals surface area (Å²) in [5, 5.41) is 12.1. The third-order valence-corrected chi connectivity index (χ3v) is 2.00. The second-order valence-corrected chi connectivity index (χ2v) is 4.14. The summed E-state index contributed by atoms with van der Waals surface area (Å²) in [5.74, 6) is 0. The van der Waals surface area contributed by atoms with Crippen LogP contribution < -0.4 is 5.32 Å². The van der Waals surface area contributed by atoms with Crippen molar-refractivity contribution in [3.8, 4) is 6.07 Å². The van der Waals surface area contributed by atoms with Gasteiger partial charge in [-0.2, -0.15) is 5.26 Å². The van der Waals surface area contributed by atoms with E-state index in [0.29, 0.717) is 6.04 Å². The monoisotopic (exact) mass is 180 g/mol. The standard InChI is InChI=1S/C11H20N2/c1-5-6-7-10(2)13-9-11(3,4)8-12/h5,10,13H,1,6-7,9H2,2-4H3. The molecule has 0 saturated heterocycles. The van der Waals surface area contributed by atoms with Gasteiger partial charge in [0, 0.05) is 12.6 Å². The molecule has 0 spiro atoms. The van der Waals surface area contributed by atoms with Crippen LogP contribution in [0.4, 0.5) is 0 Å². The van der Waals surface area contributed by atoms with Crippen molar-refractivity contribution >= 4 is 0 Å². The number of nitrogens with zero attached hydrogens (tertiary/aromatic N) is 1. The molecular weight excluding hydrogens is 160 g/mol. The molecule has 0 aliphatic rings. The molecule has 0 saturated carbocycles. The molecule has 0 aromatic heterocycles. The van der Waals surface area contributed by atoms with E-state index in [0.717, 1.165) is 19.4 Å². The van der Waals surface area contributed by atoms with Gasteiger partial charge in [0.1, 0.15) is 0 Å². The predicted octanol–water partition coefficient (Wildman–Crippen LogP) is 2.48. The fourth-order valence-corrected chi connectivity index (χ4v) is 0.939. The zero-order valence-electron chi connectivity index (χ0n) is 8.93. The molecular formula is C11H20N2. The summed E-state index contributed by atoms with van der Waals surface area (Å²) < 4.78 is 0. The Kier molecular flexibility index (Phi) is 5.41. The van der Waals surface area contributed by atoms with Crippen LogP contribution in [0.2, 0.25) is 0 Å². The molecule has 0 amide bonds. The van der Waals surface area contributed by atoms with Crippen LogP contribution in [-0.2, 0) is 0 Å². The Balaban J connectivity index is 3.64. The Morgan fingerprint density at radius 1 is 1.62 bits per heavy atom. The third kappa shape index (κ3) is 6.36. The number of rotatable bonds is 6. The second kappa shape index (κ2) is 5.77. The van der Waals surface area contributed by atoms with Crippen LogP contribution in [0.1, 0.15) is 33.6 Å². The average Bonchev–Trinajstić information content (AvgIpc) is 2.11. The van der Waals surface area contributed by atoms with Gasteiger partial charge in [-0.1, -0.05) is 6.08 Å². The smallest absolute Gasteiger partial charge is 0.0697 e. The molecule has 0 aromatic rings. The number of nitrogens with one attached hydrogen (secondary N) is 1. The van der Waals surface area contributed by atoms with Crippen LogP contribution in [0.3, 0.4) is 0 Å². The Hall–Kier alpha value is -0.810. The van der Waals surface area contributed by atoms with E-state index in [4.69, 9.17) is 5.26 Å². The fourth-order valence-electron chi connectivity index (χ4n) is 0.939. The normalized spacial score (nSPS) is 13.4. The first-order valence-electron chi connectivity index (χ1n) is 4.77. The average molecular weight is 180 g/mol. The van der Waals surface area contributed by atoms with Crippen molar-refractivity contribution in [2.45, 2.75) is 39.7 Å². The maximum absolute atomic E-state index is 8.78. The Morgan fingerprint density at radius 3 is 2.69 bits per heavy atom. The third-order valence-electron chi connectivity index (χ3n) is 2.00. The molecule has 2 nitrogen and oxygen atoms in total. The number of nitriles is 1. The Bertz CT molecular complexity index is 189. The summed E-state index contributed by atoms with van der Waals surface area (Å²) in [6.07, 6.45) is 4.04. The van der Waals surface area contributed by atoms with Crippen LogP contribution in [0.25, 0.3) is 0 Å². The van der Waals surface area contributed by atoms with E-state index >= 15 is 0 Å². The zero-order chi connectivity index (χ0) is 10.3. The van der Waals surface area contributed by atoms with Crippen molar-refractivity contribution in [1.29, 1.82) is 5.26 Å². The quantitative estimate of drug-likeness (QED) is 0.637. The molecule has 1 atom stereocenters. The van der Waals surface area contributed by atoms with Crippen molar-refractivity contribution in [3.63, 3.8) is 0 Å². The lowest BCUT2D eigenvalue weighted by Gasteiger charge is -2.19. The lowest BCUT2D eigenvalue weighted by molar-refractivity contribution is 0.401. The van der Waals surface area contributed by atoms with Crippen LogP contribution in [0.15, 0.2) is 12.7 Å². The molecule has 1 unspecified atom stereocenters. The summed E-state index contributed by atoms with van der Waals surface area (Å²) in [7, 11) is 0. The van der Waals surface area contributed by atoms with Crippen LogP contribution >= 0.6 is 0 Å². The molecule has 2 heteroatoms. The van der Waals surface area contributed by atoms with E-state index in [2.05, 4.69) is 24.9 Å². The summed E-state index contributed by atoms with van der Waals surface area (Å²) in [6.45, 7) is 10.5. The largest absolute Gasteiger partial charge is 0.313 e. The van der Waals surface area contributed by atoms with Gasteiger partial charge in [0.25, 0.3) is 0 Å². The minimum Gasteiger partial charge on any atom is -0.313 e. The molecule has 0 rings (SSSR count). The summed E-state index contributed by atoms with van der Waals surface area (Å²) in [4.78, 5) is 0. The summed E-state index contributed by atoms with van der Waals surface area (Å²) in [6, 6.07) is 2.73. The van der Waals surface area contributed by atoms with E-state index in [-0.39, 0.29) is 5.41 Å². The lowest BCUT2D eigenvalue weighted by atomic mass is 9.95. The van der Waals surface area contributed by atoms with E-state index < -0.39 is 0 Å². The van der Waals surface area contributed by atoms with Gasteiger partial charge in [-0.25, -0.2) is 0 Å². The van der Waals surface area contributed by atoms with Gasteiger partial charge in [-0.05, 0) is 33.6 Å². The first-order valence-corrected chi connectivity index (χ1v) is 4.77. The molecule has 0 aliphatic heterocycles. The molecule has 0 aromatic carbocycles. The van der Waals surface area contributed by atoms with E-state index in [9.17, 15) is 0 Å². The highest BCUT2D eigenvalue weighted by atomic mass is 14.9. The molecule has 0 radical (unpaired) electrons. The number of allylic oxidation sites excluding steroid dienone is 1. The topological polar surface area (TPSA) is 35.8 Å². The SMILES string of the molecule is C=CCCC(C)NCC(C)(C)C#N.